The largest absolute Gasteiger partial charge is 0.423 e. The highest BCUT2D eigenvalue weighted by atomic mass is 35.5. The van der Waals surface area contributed by atoms with Crippen LogP contribution in [0.4, 0.5) is 17.6 Å². The third-order valence-electron chi connectivity index (χ3n) is 3.93. The monoisotopic (exact) mass is 388 g/mol. The summed E-state index contributed by atoms with van der Waals surface area (Å²) in [5.41, 5.74) is 7.06. The number of fused-ring (bicyclic) bond motifs is 1. The number of nitrogens with one attached hydrogen (secondary N) is 1. The van der Waals surface area contributed by atoms with Crippen LogP contribution in [0.2, 0.25) is 5.02 Å². The molecule has 8 heteroatoms. The van der Waals surface area contributed by atoms with Gasteiger partial charge in [-0.25, -0.2) is 0 Å². The molecule has 0 unspecified atom stereocenters. The molecule has 0 radical (unpaired) electrons. The highest BCUT2D eigenvalue weighted by Crippen LogP contribution is 2.33. The van der Waals surface area contributed by atoms with Crippen molar-refractivity contribution in [2.75, 3.05) is 11.1 Å². The second-order valence-corrected chi connectivity index (χ2v) is 6.21. The lowest BCUT2D eigenvalue weighted by molar-refractivity contribution is 0.446. The van der Waals surface area contributed by atoms with Crippen molar-refractivity contribution in [1.82, 2.24) is 15.0 Å². The summed E-state index contributed by atoms with van der Waals surface area (Å²) in [5, 5.41) is 14.2. The maximum Gasteiger partial charge on any atom is 0.328 e. The van der Waals surface area contributed by atoms with Crippen LogP contribution >= 0.6 is 11.6 Å². The third-order valence-corrected chi connectivity index (χ3v) is 4.26. The smallest absolute Gasteiger partial charge is 0.328 e. The van der Waals surface area contributed by atoms with Crippen molar-refractivity contribution < 1.29 is 4.74 Å². The Morgan fingerprint density at radius 3 is 2.43 bits per heavy atom. The van der Waals surface area contributed by atoms with Crippen molar-refractivity contribution >= 4 is 40.0 Å². The first kappa shape index (κ1) is 17.5. The summed E-state index contributed by atoms with van der Waals surface area (Å²) in [6.07, 6.45) is 0. The normalized spacial score (nSPS) is 10.4. The molecule has 0 saturated heterocycles. The number of benzene rings is 3. The molecule has 1 heterocycles. The van der Waals surface area contributed by atoms with Gasteiger partial charge in [0.15, 0.2) is 0 Å². The number of nitrogens with zero attached hydrogens (tertiary/aromatic N) is 4. The summed E-state index contributed by atoms with van der Waals surface area (Å²) in [4.78, 5) is 12.4. The number of halogens is 1. The number of ether oxygens (including phenoxy) is 1. The first-order chi connectivity index (χ1) is 13.6. The van der Waals surface area contributed by atoms with E-state index in [-0.39, 0.29) is 17.9 Å². The Bertz CT molecular complexity index is 1200. The van der Waals surface area contributed by atoms with Gasteiger partial charge in [0.2, 0.25) is 11.9 Å². The van der Waals surface area contributed by atoms with Gasteiger partial charge < -0.3 is 15.8 Å². The molecule has 0 bridgehead atoms. The molecule has 0 aliphatic rings. The maximum absolute atomic E-state index is 8.88. The molecule has 3 aromatic carbocycles. The molecule has 4 aromatic rings. The van der Waals surface area contributed by atoms with Crippen molar-refractivity contribution in [2.45, 2.75) is 0 Å². The van der Waals surface area contributed by atoms with E-state index in [0.717, 1.165) is 10.8 Å². The fourth-order valence-corrected chi connectivity index (χ4v) is 2.88. The van der Waals surface area contributed by atoms with Crippen LogP contribution in [0.1, 0.15) is 5.56 Å². The zero-order chi connectivity index (χ0) is 19.5. The fraction of sp³-hybridized carbons (Fsp3) is 0. The first-order valence-corrected chi connectivity index (χ1v) is 8.64. The number of nitrogen functional groups attached to an aromatic ring is 1. The molecular formula is C20H13ClN6O. The SMILES string of the molecule is N#Cc1ccc(Nc2nc(N)nc(Oc3ccc(Cl)c4ccccc34)n2)cc1. The van der Waals surface area contributed by atoms with Crippen LogP contribution in [0.15, 0.2) is 60.7 Å². The Morgan fingerprint density at radius 2 is 1.68 bits per heavy atom. The summed E-state index contributed by atoms with van der Waals surface area (Å²) >= 11 is 6.25. The van der Waals surface area contributed by atoms with Gasteiger partial charge in [-0.1, -0.05) is 35.9 Å². The predicted molar refractivity (Wildman–Crippen MR) is 108 cm³/mol. The summed E-state index contributed by atoms with van der Waals surface area (Å²) in [7, 11) is 0. The minimum absolute atomic E-state index is 0.0133. The van der Waals surface area contributed by atoms with E-state index >= 15 is 0 Å². The van der Waals surface area contributed by atoms with E-state index in [0.29, 0.717) is 22.0 Å². The van der Waals surface area contributed by atoms with E-state index in [4.69, 9.17) is 27.3 Å². The summed E-state index contributed by atoms with van der Waals surface area (Å²) in [6, 6.07) is 20.1. The number of aromatic nitrogens is 3. The second-order valence-electron chi connectivity index (χ2n) is 5.81. The van der Waals surface area contributed by atoms with Gasteiger partial charge in [0.05, 0.1) is 11.6 Å². The highest BCUT2D eigenvalue weighted by molar-refractivity contribution is 6.35. The number of rotatable bonds is 4. The molecule has 0 fully saturated rings. The van der Waals surface area contributed by atoms with Gasteiger partial charge in [-0.3, -0.25) is 0 Å². The Morgan fingerprint density at radius 1 is 0.929 bits per heavy atom. The van der Waals surface area contributed by atoms with Crippen LogP contribution in [0.25, 0.3) is 10.8 Å². The first-order valence-electron chi connectivity index (χ1n) is 8.26. The Kier molecular flexibility index (Phi) is 4.62. The number of anilines is 3. The molecule has 136 valence electrons. The molecule has 0 saturated carbocycles. The molecule has 0 amide bonds. The van der Waals surface area contributed by atoms with Crippen LogP contribution in [0.5, 0.6) is 11.8 Å². The van der Waals surface area contributed by atoms with Crippen LogP contribution < -0.4 is 15.8 Å². The lowest BCUT2D eigenvalue weighted by atomic mass is 10.1. The molecule has 0 spiro atoms. The third kappa shape index (κ3) is 3.63. The summed E-state index contributed by atoms with van der Waals surface area (Å²) < 4.78 is 5.86. The quantitative estimate of drug-likeness (QED) is 0.522. The molecular weight excluding hydrogens is 376 g/mol. The van der Waals surface area contributed by atoms with Gasteiger partial charge in [0.25, 0.3) is 0 Å². The Labute approximate surface area is 165 Å². The minimum Gasteiger partial charge on any atom is -0.423 e. The predicted octanol–water partition coefficient (Wildman–Crippen LogP) is 4.67. The standard InChI is InChI=1S/C20H13ClN6O/c21-16-9-10-17(15-4-2-1-3-14(15)16)28-20-26-18(23)25-19(27-20)24-13-7-5-12(11-22)6-8-13/h1-10H,(H3,23,24,25,26,27). The van der Waals surface area contributed by atoms with Crippen molar-refractivity contribution in [3.63, 3.8) is 0 Å². The molecule has 4 rings (SSSR count). The number of nitriles is 1. The van der Waals surface area contributed by atoms with Gasteiger partial charge in [-0.15, -0.1) is 0 Å². The summed E-state index contributed by atoms with van der Waals surface area (Å²) in [6.45, 7) is 0. The molecule has 0 aliphatic carbocycles. The second kappa shape index (κ2) is 7.39. The molecule has 28 heavy (non-hydrogen) atoms. The van der Waals surface area contributed by atoms with E-state index in [1.54, 1.807) is 36.4 Å². The zero-order valence-corrected chi connectivity index (χ0v) is 15.2. The van der Waals surface area contributed by atoms with Crippen molar-refractivity contribution in [3.8, 4) is 17.8 Å². The topological polar surface area (TPSA) is 110 Å². The van der Waals surface area contributed by atoms with E-state index < -0.39 is 0 Å². The van der Waals surface area contributed by atoms with Crippen LogP contribution in [-0.4, -0.2) is 15.0 Å². The van der Waals surface area contributed by atoms with Gasteiger partial charge in [-0.05, 0) is 36.4 Å². The van der Waals surface area contributed by atoms with E-state index in [1.807, 2.05) is 24.3 Å². The summed E-state index contributed by atoms with van der Waals surface area (Å²) in [5.74, 6) is 0.791. The Hall–Kier alpha value is -3.89. The fourth-order valence-electron chi connectivity index (χ4n) is 2.65. The lowest BCUT2D eigenvalue weighted by Gasteiger charge is -2.10. The molecule has 3 N–H and O–H groups in total. The van der Waals surface area contributed by atoms with Crippen molar-refractivity contribution in [3.05, 3.63) is 71.2 Å². The van der Waals surface area contributed by atoms with Crippen LogP contribution in [0.3, 0.4) is 0 Å². The molecule has 0 aliphatic heterocycles. The van der Waals surface area contributed by atoms with Gasteiger partial charge in [0.1, 0.15) is 5.75 Å². The van der Waals surface area contributed by atoms with Gasteiger partial charge >= 0.3 is 6.01 Å². The maximum atomic E-state index is 8.88. The average Bonchev–Trinajstić information content (AvgIpc) is 2.70. The van der Waals surface area contributed by atoms with E-state index in [2.05, 4.69) is 26.3 Å². The number of hydrogen-bond donors (Lipinski definition) is 2. The van der Waals surface area contributed by atoms with Crippen molar-refractivity contribution in [1.29, 1.82) is 5.26 Å². The highest BCUT2D eigenvalue weighted by Gasteiger charge is 2.11. The molecule has 1 aromatic heterocycles. The van der Waals surface area contributed by atoms with Gasteiger partial charge in [-0.2, -0.15) is 20.2 Å². The molecule has 0 atom stereocenters. The Balaban J connectivity index is 1.64. The lowest BCUT2D eigenvalue weighted by Crippen LogP contribution is -2.05. The number of nitrogens with two attached hydrogens (primary N) is 1. The average molecular weight is 389 g/mol. The number of hydrogen-bond acceptors (Lipinski definition) is 7. The van der Waals surface area contributed by atoms with Crippen molar-refractivity contribution in [2.24, 2.45) is 0 Å². The van der Waals surface area contributed by atoms with Gasteiger partial charge in [0, 0.05) is 21.5 Å². The van der Waals surface area contributed by atoms with E-state index in [1.165, 1.54) is 0 Å². The van der Waals surface area contributed by atoms with Crippen LogP contribution in [0, 0.1) is 11.3 Å². The van der Waals surface area contributed by atoms with Crippen LogP contribution in [-0.2, 0) is 0 Å². The molecule has 7 nitrogen and oxygen atoms in total. The zero-order valence-electron chi connectivity index (χ0n) is 14.4. The van der Waals surface area contributed by atoms with E-state index in [9.17, 15) is 0 Å². The minimum atomic E-state index is 0.0133.